The molecule has 2 bridgehead atoms. The predicted molar refractivity (Wildman–Crippen MR) is 69.5 cm³/mol. The van der Waals surface area contributed by atoms with Gasteiger partial charge in [0.25, 0.3) is 0 Å². The van der Waals surface area contributed by atoms with Crippen LogP contribution in [0.2, 0.25) is 0 Å². The predicted octanol–water partition coefficient (Wildman–Crippen LogP) is 2.60. The van der Waals surface area contributed by atoms with Gasteiger partial charge in [-0.3, -0.25) is 0 Å². The number of hydrogen-bond acceptors (Lipinski definition) is 3. The van der Waals surface area contributed by atoms with Crippen LogP contribution in [0, 0.1) is 0 Å². The molecule has 0 saturated carbocycles. The van der Waals surface area contributed by atoms with Crippen molar-refractivity contribution in [3.8, 4) is 0 Å². The van der Waals surface area contributed by atoms with E-state index in [9.17, 15) is 4.79 Å². The fourth-order valence-electron chi connectivity index (χ4n) is 3.43. The first-order valence-corrected chi connectivity index (χ1v) is 6.70. The third-order valence-corrected chi connectivity index (χ3v) is 4.41. The van der Waals surface area contributed by atoms with Crippen LogP contribution in [0.25, 0.3) is 0 Å². The first-order valence-electron chi connectivity index (χ1n) is 6.70. The number of rotatable bonds is 2. The van der Waals surface area contributed by atoms with Gasteiger partial charge in [-0.2, -0.15) is 0 Å². The second-order valence-corrected chi connectivity index (χ2v) is 5.42. The van der Waals surface area contributed by atoms with Crippen molar-refractivity contribution in [1.82, 2.24) is 5.32 Å². The Morgan fingerprint density at radius 2 is 2.06 bits per heavy atom. The van der Waals surface area contributed by atoms with E-state index in [2.05, 4.69) is 17.4 Å². The number of piperidine rings is 1. The standard InChI is InChI=1S/C15H19NO2/c1-18-14(17)11-4-6-12(7-5-11)15-9-2-3-13(16-15)8-10-15/h4-7,13,16H,2-3,8-10H2,1H3. The maximum Gasteiger partial charge on any atom is 0.337 e. The Morgan fingerprint density at radius 3 is 2.78 bits per heavy atom. The Kier molecular flexibility index (Phi) is 2.86. The summed E-state index contributed by atoms with van der Waals surface area (Å²) in [7, 11) is 1.42. The summed E-state index contributed by atoms with van der Waals surface area (Å²) in [4.78, 5) is 11.4. The van der Waals surface area contributed by atoms with Crippen molar-refractivity contribution in [2.75, 3.05) is 7.11 Å². The molecule has 0 amide bonds. The van der Waals surface area contributed by atoms with Gasteiger partial charge >= 0.3 is 5.97 Å². The molecule has 3 nitrogen and oxygen atoms in total. The molecule has 2 fully saturated rings. The first kappa shape index (κ1) is 11.7. The first-order chi connectivity index (χ1) is 8.73. The van der Waals surface area contributed by atoms with Gasteiger partial charge in [-0.15, -0.1) is 0 Å². The number of nitrogens with one attached hydrogen (secondary N) is 1. The Hall–Kier alpha value is -1.35. The van der Waals surface area contributed by atoms with Crippen LogP contribution < -0.4 is 5.32 Å². The average Bonchev–Trinajstić information content (AvgIpc) is 2.74. The molecule has 1 aromatic carbocycles. The topological polar surface area (TPSA) is 38.3 Å². The van der Waals surface area contributed by atoms with E-state index in [1.807, 2.05) is 12.1 Å². The number of esters is 1. The van der Waals surface area contributed by atoms with Crippen LogP contribution in [0.5, 0.6) is 0 Å². The van der Waals surface area contributed by atoms with Crippen LogP contribution in [-0.4, -0.2) is 19.1 Å². The van der Waals surface area contributed by atoms with Crippen molar-refractivity contribution >= 4 is 5.97 Å². The molecule has 0 aromatic heterocycles. The summed E-state index contributed by atoms with van der Waals surface area (Å²) in [5.41, 5.74) is 2.11. The SMILES string of the molecule is COC(=O)c1ccc(C23CCCC(CC2)N3)cc1. The summed E-state index contributed by atoms with van der Waals surface area (Å²) in [6, 6.07) is 8.60. The minimum atomic E-state index is -0.264. The Morgan fingerprint density at radius 1 is 1.28 bits per heavy atom. The quantitative estimate of drug-likeness (QED) is 0.814. The number of fused-ring (bicyclic) bond motifs is 2. The molecule has 96 valence electrons. The summed E-state index contributed by atoms with van der Waals surface area (Å²) in [6.45, 7) is 0. The Bertz CT molecular complexity index is 450. The van der Waals surface area contributed by atoms with Crippen molar-refractivity contribution in [3.63, 3.8) is 0 Å². The molecule has 3 heteroatoms. The van der Waals surface area contributed by atoms with Crippen molar-refractivity contribution < 1.29 is 9.53 Å². The van der Waals surface area contributed by atoms with Crippen LogP contribution >= 0.6 is 0 Å². The molecule has 1 aromatic rings. The number of ether oxygens (including phenoxy) is 1. The van der Waals surface area contributed by atoms with Crippen LogP contribution in [0.1, 0.15) is 48.0 Å². The fraction of sp³-hybridized carbons (Fsp3) is 0.533. The highest BCUT2D eigenvalue weighted by molar-refractivity contribution is 5.89. The summed E-state index contributed by atoms with van der Waals surface area (Å²) >= 11 is 0. The van der Waals surface area contributed by atoms with E-state index < -0.39 is 0 Å². The molecule has 2 aliphatic rings. The third-order valence-electron chi connectivity index (χ3n) is 4.41. The number of methoxy groups -OCH3 is 1. The van der Waals surface area contributed by atoms with Gasteiger partial charge in [0.2, 0.25) is 0 Å². The lowest BCUT2D eigenvalue weighted by Gasteiger charge is -2.35. The summed E-state index contributed by atoms with van der Waals surface area (Å²) in [6.07, 6.45) is 6.31. The van der Waals surface area contributed by atoms with E-state index in [4.69, 9.17) is 4.74 Å². The molecule has 2 saturated heterocycles. The fourth-order valence-corrected chi connectivity index (χ4v) is 3.43. The largest absolute Gasteiger partial charge is 0.465 e. The van der Waals surface area contributed by atoms with E-state index in [1.54, 1.807) is 0 Å². The van der Waals surface area contributed by atoms with Gasteiger partial charge in [0.05, 0.1) is 12.7 Å². The van der Waals surface area contributed by atoms with Crippen LogP contribution in [0.4, 0.5) is 0 Å². The number of hydrogen-bond donors (Lipinski definition) is 1. The number of carbonyl (C=O) groups excluding carboxylic acids is 1. The Balaban J connectivity index is 1.86. The molecule has 2 heterocycles. The van der Waals surface area contributed by atoms with E-state index >= 15 is 0 Å². The molecule has 3 rings (SSSR count). The number of carbonyl (C=O) groups is 1. The lowest BCUT2D eigenvalue weighted by Crippen LogP contribution is -2.43. The molecule has 0 spiro atoms. The molecule has 2 atom stereocenters. The zero-order chi connectivity index (χ0) is 12.6. The zero-order valence-electron chi connectivity index (χ0n) is 10.7. The van der Waals surface area contributed by atoms with Crippen molar-refractivity contribution in [3.05, 3.63) is 35.4 Å². The molecule has 2 unspecified atom stereocenters. The number of benzene rings is 1. The summed E-state index contributed by atoms with van der Waals surface area (Å²) < 4.78 is 4.73. The molecule has 0 aliphatic carbocycles. The normalized spacial score (nSPS) is 30.2. The highest BCUT2D eigenvalue weighted by Crippen LogP contribution is 2.42. The van der Waals surface area contributed by atoms with Crippen molar-refractivity contribution in [2.45, 2.75) is 43.7 Å². The molecule has 18 heavy (non-hydrogen) atoms. The molecular formula is C15H19NO2. The Labute approximate surface area is 108 Å². The molecule has 1 N–H and O–H groups in total. The van der Waals surface area contributed by atoms with Gasteiger partial charge in [-0.25, -0.2) is 4.79 Å². The van der Waals surface area contributed by atoms with Crippen LogP contribution in [0.3, 0.4) is 0 Å². The maximum absolute atomic E-state index is 11.4. The average molecular weight is 245 g/mol. The van der Waals surface area contributed by atoms with Gasteiger partial charge in [0, 0.05) is 11.6 Å². The smallest absolute Gasteiger partial charge is 0.337 e. The highest BCUT2D eigenvalue weighted by atomic mass is 16.5. The van der Waals surface area contributed by atoms with E-state index in [-0.39, 0.29) is 11.5 Å². The monoisotopic (exact) mass is 245 g/mol. The molecule has 0 radical (unpaired) electrons. The minimum absolute atomic E-state index is 0.164. The third kappa shape index (κ3) is 1.83. The van der Waals surface area contributed by atoms with E-state index in [1.165, 1.54) is 44.8 Å². The van der Waals surface area contributed by atoms with Gasteiger partial charge in [0.1, 0.15) is 0 Å². The minimum Gasteiger partial charge on any atom is -0.465 e. The van der Waals surface area contributed by atoms with E-state index in [0.717, 1.165) is 0 Å². The lowest BCUT2D eigenvalue weighted by atomic mass is 9.83. The van der Waals surface area contributed by atoms with Gasteiger partial charge < -0.3 is 10.1 Å². The van der Waals surface area contributed by atoms with E-state index in [0.29, 0.717) is 11.6 Å². The molecule has 2 aliphatic heterocycles. The van der Waals surface area contributed by atoms with Crippen molar-refractivity contribution in [1.29, 1.82) is 0 Å². The van der Waals surface area contributed by atoms with Crippen LogP contribution in [0.15, 0.2) is 24.3 Å². The lowest BCUT2D eigenvalue weighted by molar-refractivity contribution is 0.0600. The second kappa shape index (κ2) is 4.39. The highest BCUT2D eigenvalue weighted by Gasteiger charge is 2.42. The summed E-state index contributed by atoms with van der Waals surface area (Å²) in [5.74, 6) is -0.264. The van der Waals surface area contributed by atoms with Gasteiger partial charge in [-0.05, 0) is 49.8 Å². The van der Waals surface area contributed by atoms with Crippen LogP contribution in [-0.2, 0) is 10.3 Å². The van der Waals surface area contributed by atoms with Gasteiger partial charge in [-0.1, -0.05) is 12.1 Å². The summed E-state index contributed by atoms with van der Waals surface area (Å²) in [5, 5.41) is 3.77. The van der Waals surface area contributed by atoms with Crippen molar-refractivity contribution in [2.24, 2.45) is 0 Å². The van der Waals surface area contributed by atoms with Gasteiger partial charge in [0.15, 0.2) is 0 Å². The molecular weight excluding hydrogens is 226 g/mol. The second-order valence-electron chi connectivity index (χ2n) is 5.42. The maximum atomic E-state index is 11.4. The zero-order valence-corrected chi connectivity index (χ0v) is 10.7.